The molecule has 1 aromatic heterocycles. The zero-order valence-electron chi connectivity index (χ0n) is 12.1. The van der Waals surface area contributed by atoms with E-state index in [0.29, 0.717) is 25.9 Å². The number of rotatable bonds is 3. The third-order valence-electron chi connectivity index (χ3n) is 4.08. The number of hydrogen-bond donors (Lipinski definition) is 1. The van der Waals surface area contributed by atoms with Gasteiger partial charge in [-0.05, 0) is 29.9 Å². The predicted octanol–water partition coefficient (Wildman–Crippen LogP) is 3.35. The number of piperidine rings is 1. The first kappa shape index (κ1) is 14.8. The van der Waals surface area contributed by atoms with Crippen LogP contribution >= 0.6 is 11.3 Å². The first-order valence-corrected chi connectivity index (χ1v) is 8.20. The summed E-state index contributed by atoms with van der Waals surface area (Å²) in [6.45, 7) is 1.03. The molecular formula is C17H17NO3S. The van der Waals surface area contributed by atoms with Crippen molar-refractivity contribution in [1.29, 1.82) is 0 Å². The minimum absolute atomic E-state index is 0.0118. The number of carboxylic acid groups (broad SMARTS) is 1. The molecule has 0 aliphatic carbocycles. The summed E-state index contributed by atoms with van der Waals surface area (Å²) in [6.07, 6.45) is 1.07. The van der Waals surface area contributed by atoms with Gasteiger partial charge in [-0.1, -0.05) is 30.3 Å². The van der Waals surface area contributed by atoms with Crippen LogP contribution in [-0.2, 0) is 4.79 Å². The van der Waals surface area contributed by atoms with Crippen molar-refractivity contribution in [3.05, 3.63) is 46.7 Å². The molecule has 4 nitrogen and oxygen atoms in total. The number of benzene rings is 1. The van der Waals surface area contributed by atoms with Crippen LogP contribution in [0.1, 0.15) is 22.5 Å². The van der Waals surface area contributed by atoms with Crippen molar-refractivity contribution >= 4 is 23.2 Å². The molecule has 2 heterocycles. The monoisotopic (exact) mass is 315 g/mol. The van der Waals surface area contributed by atoms with Gasteiger partial charge in [-0.15, -0.1) is 11.3 Å². The highest BCUT2D eigenvalue weighted by molar-refractivity contribution is 7.12. The minimum atomic E-state index is -0.756. The van der Waals surface area contributed by atoms with Crippen LogP contribution in [0, 0.1) is 5.92 Å². The number of aliphatic carboxylic acids is 1. The van der Waals surface area contributed by atoms with Gasteiger partial charge in [0.25, 0.3) is 5.91 Å². The van der Waals surface area contributed by atoms with E-state index in [9.17, 15) is 9.59 Å². The van der Waals surface area contributed by atoms with E-state index in [1.54, 1.807) is 4.90 Å². The van der Waals surface area contributed by atoms with Crippen LogP contribution in [0.15, 0.2) is 41.8 Å². The lowest BCUT2D eigenvalue weighted by atomic mass is 9.96. The molecule has 22 heavy (non-hydrogen) atoms. The molecule has 0 radical (unpaired) electrons. The van der Waals surface area contributed by atoms with Gasteiger partial charge in [-0.2, -0.15) is 0 Å². The summed E-state index contributed by atoms with van der Waals surface area (Å²) in [7, 11) is 0. The average Bonchev–Trinajstić information content (AvgIpc) is 3.04. The minimum Gasteiger partial charge on any atom is -0.481 e. The normalized spacial score (nSPS) is 15.7. The Hall–Kier alpha value is -2.14. The smallest absolute Gasteiger partial charge is 0.306 e. The van der Waals surface area contributed by atoms with E-state index in [2.05, 4.69) is 0 Å². The zero-order chi connectivity index (χ0) is 15.5. The fourth-order valence-corrected chi connectivity index (χ4v) is 3.68. The SMILES string of the molecule is O=C(O)C1CCN(C(=O)c2sccc2-c2ccccc2)CC1. The van der Waals surface area contributed by atoms with E-state index >= 15 is 0 Å². The fraction of sp³-hybridized carbons (Fsp3) is 0.294. The van der Waals surface area contributed by atoms with Crippen LogP contribution in [0.4, 0.5) is 0 Å². The van der Waals surface area contributed by atoms with Crippen molar-refractivity contribution in [2.75, 3.05) is 13.1 Å². The second-order valence-electron chi connectivity index (χ2n) is 5.43. The van der Waals surface area contributed by atoms with Gasteiger partial charge >= 0.3 is 5.97 Å². The van der Waals surface area contributed by atoms with Crippen LogP contribution in [0.3, 0.4) is 0 Å². The fourth-order valence-electron chi connectivity index (χ4n) is 2.79. The number of nitrogens with zero attached hydrogens (tertiary/aromatic N) is 1. The first-order chi connectivity index (χ1) is 10.7. The Bertz CT molecular complexity index is 672. The summed E-state index contributed by atoms with van der Waals surface area (Å²) in [5.41, 5.74) is 1.99. The number of amides is 1. The second-order valence-corrected chi connectivity index (χ2v) is 6.35. The lowest BCUT2D eigenvalue weighted by Gasteiger charge is -2.30. The van der Waals surface area contributed by atoms with Crippen molar-refractivity contribution in [1.82, 2.24) is 4.90 Å². The maximum absolute atomic E-state index is 12.7. The number of hydrogen-bond acceptors (Lipinski definition) is 3. The molecular weight excluding hydrogens is 298 g/mol. The quantitative estimate of drug-likeness (QED) is 0.945. The number of carboxylic acids is 1. The lowest BCUT2D eigenvalue weighted by Crippen LogP contribution is -2.40. The third-order valence-corrected chi connectivity index (χ3v) is 4.98. The molecule has 0 bridgehead atoms. The van der Waals surface area contributed by atoms with Crippen LogP contribution in [0.25, 0.3) is 11.1 Å². The maximum Gasteiger partial charge on any atom is 0.306 e. The largest absolute Gasteiger partial charge is 0.481 e. The molecule has 1 aromatic carbocycles. The Balaban J connectivity index is 1.77. The van der Waals surface area contributed by atoms with Gasteiger partial charge in [0.1, 0.15) is 0 Å². The molecule has 1 aliphatic rings. The zero-order valence-corrected chi connectivity index (χ0v) is 12.9. The highest BCUT2D eigenvalue weighted by Gasteiger charge is 2.29. The van der Waals surface area contributed by atoms with Gasteiger partial charge < -0.3 is 10.0 Å². The van der Waals surface area contributed by atoms with E-state index in [1.165, 1.54) is 11.3 Å². The number of thiophene rings is 1. The van der Waals surface area contributed by atoms with Gasteiger partial charge in [0.15, 0.2) is 0 Å². The van der Waals surface area contributed by atoms with Crippen molar-refractivity contribution in [2.24, 2.45) is 5.92 Å². The molecule has 1 amide bonds. The van der Waals surface area contributed by atoms with E-state index in [1.807, 2.05) is 41.8 Å². The van der Waals surface area contributed by atoms with Gasteiger partial charge in [0.05, 0.1) is 10.8 Å². The summed E-state index contributed by atoms with van der Waals surface area (Å²) < 4.78 is 0. The standard InChI is InChI=1S/C17H17NO3S/c19-16(18-9-6-13(7-10-18)17(20)21)15-14(8-11-22-15)12-4-2-1-3-5-12/h1-5,8,11,13H,6-7,9-10H2,(H,20,21). The second kappa shape index (κ2) is 6.32. The summed E-state index contributed by atoms with van der Waals surface area (Å²) in [6, 6.07) is 11.8. The van der Waals surface area contributed by atoms with Crippen molar-refractivity contribution in [3.63, 3.8) is 0 Å². The average molecular weight is 315 g/mol. The molecule has 2 aromatic rings. The number of carbonyl (C=O) groups is 2. The Morgan fingerprint density at radius 2 is 1.77 bits per heavy atom. The van der Waals surface area contributed by atoms with E-state index in [4.69, 9.17) is 5.11 Å². The molecule has 0 spiro atoms. The van der Waals surface area contributed by atoms with Crippen LogP contribution in [-0.4, -0.2) is 35.0 Å². The Labute approximate surface area is 133 Å². The van der Waals surface area contributed by atoms with E-state index in [0.717, 1.165) is 16.0 Å². The summed E-state index contributed by atoms with van der Waals surface area (Å²) in [5, 5.41) is 11.0. The maximum atomic E-state index is 12.7. The van der Waals surface area contributed by atoms with Gasteiger partial charge in [0.2, 0.25) is 0 Å². The molecule has 0 saturated carbocycles. The molecule has 3 rings (SSSR count). The highest BCUT2D eigenvalue weighted by Crippen LogP contribution is 2.30. The topological polar surface area (TPSA) is 57.6 Å². The summed E-state index contributed by atoms with van der Waals surface area (Å²) >= 11 is 1.45. The molecule has 114 valence electrons. The molecule has 5 heteroatoms. The summed E-state index contributed by atoms with van der Waals surface area (Å²) in [5.74, 6) is -1.06. The van der Waals surface area contributed by atoms with Gasteiger partial charge in [-0.25, -0.2) is 0 Å². The highest BCUT2D eigenvalue weighted by atomic mass is 32.1. The van der Waals surface area contributed by atoms with Crippen molar-refractivity contribution in [2.45, 2.75) is 12.8 Å². The lowest BCUT2D eigenvalue weighted by molar-refractivity contribution is -0.143. The third kappa shape index (κ3) is 2.90. The molecule has 1 saturated heterocycles. The Morgan fingerprint density at radius 1 is 1.09 bits per heavy atom. The number of carbonyl (C=O) groups excluding carboxylic acids is 1. The first-order valence-electron chi connectivity index (χ1n) is 7.32. The van der Waals surface area contributed by atoms with Gasteiger partial charge in [0, 0.05) is 18.7 Å². The van der Waals surface area contributed by atoms with E-state index in [-0.39, 0.29) is 11.8 Å². The molecule has 0 atom stereocenters. The molecule has 1 fully saturated rings. The van der Waals surface area contributed by atoms with Crippen molar-refractivity contribution in [3.8, 4) is 11.1 Å². The van der Waals surface area contributed by atoms with Crippen LogP contribution in [0.5, 0.6) is 0 Å². The van der Waals surface area contributed by atoms with Crippen LogP contribution < -0.4 is 0 Å². The Kier molecular flexibility index (Phi) is 4.24. The number of likely N-dealkylation sites (tertiary alicyclic amines) is 1. The molecule has 1 aliphatic heterocycles. The van der Waals surface area contributed by atoms with Crippen LogP contribution in [0.2, 0.25) is 0 Å². The van der Waals surface area contributed by atoms with E-state index < -0.39 is 5.97 Å². The molecule has 1 N–H and O–H groups in total. The predicted molar refractivity (Wildman–Crippen MR) is 86.0 cm³/mol. The summed E-state index contributed by atoms with van der Waals surface area (Å²) in [4.78, 5) is 26.2. The Morgan fingerprint density at radius 3 is 2.41 bits per heavy atom. The van der Waals surface area contributed by atoms with Gasteiger partial charge in [-0.3, -0.25) is 9.59 Å². The molecule has 0 unspecified atom stereocenters. The van der Waals surface area contributed by atoms with Crippen molar-refractivity contribution < 1.29 is 14.7 Å².